The van der Waals surface area contributed by atoms with Crippen LogP contribution in [0.4, 0.5) is 0 Å². The highest BCUT2D eigenvalue weighted by molar-refractivity contribution is 6.00. The number of nitrogens with zero attached hydrogens (tertiary/aromatic N) is 1. The number of aryl methyl sites for hydroxylation is 1. The van der Waals surface area contributed by atoms with E-state index in [0.29, 0.717) is 29.4 Å². The molecular formula is C19H26N2O5. The molecule has 0 radical (unpaired) electrons. The summed E-state index contributed by atoms with van der Waals surface area (Å²) < 4.78 is 16.5. The third-order valence-corrected chi connectivity index (χ3v) is 4.93. The van der Waals surface area contributed by atoms with E-state index in [1.165, 1.54) is 0 Å². The van der Waals surface area contributed by atoms with Crippen molar-refractivity contribution in [2.24, 2.45) is 0 Å². The largest absolute Gasteiger partial charge is 0.493 e. The van der Waals surface area contributed by atoms with Gasteiger partial charge in [0, 0.05) is 37.1 Å². The molecule has 1 aliphatic rings. The minimum absolute atomic E-state index is 0.189. The van der Waals surface area contributed by atoms with Crippen LogP contribution < -0.4 is 14.8 Å². The second-order valence-electron chi connectivity index (χ2n) is 6.56. The lowest BCUT2D eigenvalue weighted by molar-refractivity contribution is 0.0798. The van der Waals surface area contributed by atoms with Crippen molar-refractivity contribution < 1.29 is 23.8 Å². The number of rotatable bonds is 6. The fraction of sp³-hybridized carbons (Fsp3) is 0.526. The molecule has 2 aromatic rings. The van der Waals surface area contributed by atoms with Gasteiger partial charge in [-0.2, -0.15) is 0 Å². The molecule has 1 fully saturated rings. The van der Waals surface area contributed by atoms with Gasteiger partial charge in [-0.05, 0) is 31.9 Å². The van der Waals surface area contributed by atoms with Crippen molar-refractivity contribution >= 4 is 16.9 Å². The fourth-order valence-corrected chi connectivity index (χ4v) is 3.36. The Kier molecular flexibility index (Phi) is 5.68. The number of hydrogen-bond donors (Lipinski definition) is 2. The maximum absolute atomic E-state index is 12.5. The predicted molar refractivity (Wildman–Crippen MR) is 98.1 cm³/mol. The number of hydrogen-bond acceptors (Lipinski definition) is 6. The zero-order chi connectivity index (χ0) is 18.7. The Bertz CT molecular complexity index is 778. The van der Waals surface area contributed by atoms with E-state index < -0.39 is 0 Å². The van der Waals surface area contributed by atoms with E-state index >= 15 is 0 Å². The average molecular weight is 362 g/mol. The molecule has 0 aliphatic carbocycles. The number of benzene rings is 1. The van der Waals surface area contributed by atoms with Gasteiger partial charge in [-0.15, -0.1) is 0 Å². The van der Waals surface area contributed by atoms with Gasteiger partial charge >= 0.3 is 0 Å². The van der Waals surface area contributed by atoms with E-state index in [-0.39, 0.29) is 12.0 Å². The maximum Gasteiger partial charge on any atom is 0.287 e. The number of fused-ring (bicyclic) bond motifs is 1. The van der Waals surface area contributed by atoms with Gasteiger partial charge in [0.1, 0.15) is 0 Å². The molecular weight excluding hydrogens is 336 g/mol. The summed E-state index contributed by atoms with van der Waals surface area (Å²) >= 11 is 0. The number of aliphatic hydroxyl groups is 1. The first kappa shape index (κ1) is 18.5. The highest BCUT2D eigenvalue weighted by Crippen LogP contribution is 2.39. The molecule has 0 bridgehead atoms. The van der Waals surface area contributed by atoms with Crippen LogP contribution >= 0.6 is 0 Å². The molecule has 3 rings (SSSR count). The van der Waals surface area contributed by atoms with Crippen molar-refractivity contribution in [3.05, 3.63) is 23.5 Å². The Balaban J connectivity index is 1.69. The number of aliphatic hydroxyl groups excluding tert-OH is 1. The van der Waals surface area contributed by atoms with Crippen molar-refractivity contribution in [3.63, 3.8) is 0 Å². The topological polar surface area (TPSA) is 84.2 Å². The van der Waals surface area contributed by atoms with Crippen molar-refractivity contribution in [3.8, 4) is 11.5 Å². The number of methoxy groups -OCH3 is 2. The quantitative estimate of drug-likeness (QED) is 0.817. The number of piperidine rings is 1. The first-order valence-electron chi connectivity index (χ1n) is 8.87. The first-order chi connectivity index (χ1) is 12.5. The molecule has 0 saturated carbocycles. The maximum atomic E-state index is 12.5. The summed E-state index contributed by atoms with van der Waals surface area (Å²) in [6, 6.07) is 3.67. The van der Waals surface area contributed by atoms with E-state index in [1.807, 2.05) is 13.0 Å². The molecule has 26 heavy (non-hydrogen) atoms. The Morgan fingerprint density at radius 1 is 1.31 bits per heavy atom. The monoisotopic (exact) mass is 362 g/mol. The lowest BCUT2D eigenvalue weighted by Gasteiger charge is -2.29. The fourth-order valence-electron chi connectivity index (χ4n) is 3.36. The van der Waals surface area contributed by atoms with Crippen LogP contribution in [0, 0.1) is 6.92 Å². The van der Waals surface area contributed by atoms with E-state index in [2.05, 4.69) is 10.2 Å². The number of nitrogens with one attached hydrogen (secondary N) is 1. The summed E-state index contributed by atoms with van der Waals surface area (Å²) in [5.41, 5.74) is 1.29. The normalized spacial score (nSPS) is 16.0. The summed E-state index contributed by atoms with van der Waals surface area (Å²) in [6.07, 6.45) is 1.39. The van der Waals surface area contributed by atoms with Crippen LogP contribution in [0.25, 0.3) is 11.0 Å². The molecule has 2 N–H and O–H groups in total. The molecule has 2 heterocycles. The third-order valence-electron chi connectivity index (χ3n) is 4.93. The van der Waals surface area contributed by atoms with Crippen molar-refractivity contribution in [1.29, 1.82) is 0 Å². The van der Waals surface area contributed by atoms with Gasteiger partial charge in [-0.25, -0.2) is 0 Å². The molecule has 142 valence electrons. The van der Waals surface area contributed by atoms with Crippen LogP contribution in [0.5, 0.6) is 11.5 Å². The van der Waals surface area contributed by atoms with E-state index in [4.69, 9.17) is 13.9 Å². The summed E-state index contributed by atoms with van der Waals surface area (Å²) in [6.45, 7) is 4.87. The number of furan rings is 1. The Hall–Kier alpha value is -2.25. The van der Waals surface area contributed by atoms with Gasteiger partial charge in [-0.1, -0.05) is 0 Å². The van der Waals surface area contributed by atoms with Crippen molar-refractivity contribution in [2.75, 3.05) is 40.4 Å². The van der Waals surface area contributed by atoms with E-state index in [9.17, 15) is 9.90 Å². The number of carbonyl (C=O) groups is 1. The summed E-state index contributed by atoms with van der Waals surface area (Å²) in [5, 5.41) is 13.3. The minimum atomic E-state index is -0.239. The van der Waals surface area contributed by atoms with Crippen LogP contribution in [0.3, 0.4) is 0 Å². The number of carbonyl (C=O) groups excluding carboxylic acids is 1. The molecule has 7 heteroatoms. The highest BCUT2D eigenvalue weighted by atomic mass is 16.5. The molecule has 7 nitrogen and oxygen atoms in total. The summed E-state index contributed by atoms with van der Waals surface area (Å²) in [7, 11) is 3.11. The molecule has 0 spiro atoms. The van der Waals surface area contributed by atoms with Crippen LogP contribution in [0.1, 0.15) is 29.0 Å². The molecule has 0 unspecified atom stereocenters. The van der Waals surface area contributed by atoms with Crippen molar-refractivity contribution in [2.45, 2.75) is 25.9 Å². The summed E-state index contributed by atoms with van der Waals surface area (Å²) in [4.78, 5) is 14.8. The molecule has 0 atom stereocenters. The lowest BCUT2D eigenvalue weighted by atomic mass is 10.1. The van der Waals surface area contributed by atoms with Crippen LogP contribution in [0.15, 0.2) is 16.5 Å². The van der Waals surface area contributed by atoms with Gasteiger partial charge < -0.3 is 29.2 Å². The number of likely N-dealkylation sites (tertiary alicyclic amines) is 1. The summed E-state index contributed by atoms with van der Waals surface area (Å²) in [5.74, 6) is 1.10. The van der Waals surface area contributed by atoms with Gasteiger partial charge in [0.15, 0.2) is 17.1 Å². The number of amides is 1. The Morgan fingerprint density at radius 2 is 2.04 bits per heavy atom. The van der Waals surface area contributed by atoms with Crippen LogP contribution in [-0.4, -0.2) is 62.4 Å². The van der Waals surface area contributed by atoms with Crippen LogP contribution in [0.2, 0.25) is 0 Å². The molecule has 1 amide bonds. The second-order valence-corrected chi connectivity index (χ2v) is 6.56. The van der Waals surface area contributed by atoms with Gasteiger partial charge in [0.25, 0.3) is 5.91 Å². The minimum Gasteiger partial charge on any atom is -0.493 e. The van der Waals surface area contributed by atoms with Crippen molar-refractivity contribution in [1.82, 2.24) is 10.2 Å². The predicted octanol–water partition coefficient (Wildman–Crippen LogP) is 1.94. The van der Waals surface area contributed by atoms with Gasteiger partial charge in [0.05, 0.1) is 20.3 Å². The average Bonchev–Trinajstić information content (AvgIpc) is 2.99. The van der Waals surface area contributed by atoms with E-state index in [1.54, 1.807) is 20.3 Å². The van der Waals surface area contributed by atoms with Gasteiger partial charge in [0.2, 0.25) is 5.75 Å². The SMILES string of the molecule is COc1ccc2c(C)c(C(=O)NCCN3CCC(O)CC3)oc2c1OC. The van der Waals surface area contributed by atoms with Gasteiger partial charge in [-0.3, -0.25) is 4.79 Å². The zero-order valence-electron chi connectivity index (χ0n) is 15.5. The lowest BCUT2D eigenvalue weighted by Crippen LogP contribution is -2.40. The Labute approximate surface area is 152 Å². The molecule has 1 aromatic carbocycles. The molecule has 1 aromatic heterocycles. The smallest absolute Gasteiger partial charge is 0.287 e. The van der Waals surface area contributed by atoms with Crippen LogP contribution in [-0.2, 0) is 0 Å². The van der Waals surface area contributed by atoms with E-state index in [0.717, 1.165) is 43.4 Å². The standard InChI is InChI=1S/C19H26N2O5/c1-12-14-4-5-15(24-2)18(25-3)17(14)26-16(12)19(23)20-8-11-21-9-6-13(22)7-10-21/h4-5,13,22H,6-11H2,1-3H3,(H,20,23). The first-order valence-corrected chi connectivity index (χ1v) is 8.87. The number of ether oxygens (including phenoxy) is 2. The Morgan fingerprint density at radius 3 is 2.69 bits per heavy atom. The second kappa shape index (κ2) is 7.97. The third kappa shape index (κ3) is 3.64. The zero-order valence-corrected chi connectivity index (χ0v) is 15.5. The molecule has 1 aliphatic heterocycles. The molecule has 1 saturated heterocycles. The highest BCUT2D eigenvalue weighted by Gasteiger charge is 2.22.